The standard InChI is InChI=1S/C23H33N5O9/c24-9-5-4-8-15(23(36)37)26-22(35)17(12-19(31)32)28-21(34)16(10-13-6-2-1-3-7-13)27-20(33)14(25)11-18(29)30/h1-3,6-7,14-17H,4-5,8-12,24-25H2,(H,26,35)(H,27,33)(H,28,34)(H,29,30)(H,31,32)(H,36,37). The number of carbonyl (C=O) groups excluding carboxylic acids is 3. The van der Waals surface area contributed by atoms with E-state index in [1.807, 2.05) is 0 Å². The van der Waals surface area contributed by atoms with Crippen molar-refractivity contribution in [2.24, 2.45) is 11.5 Å². The first-order valence-electron chi connectivity index (χ1n) is 11.5. The van der Waals surface area contributed by atoms with Gasteiger partial charge < -0.3 is 42.7 Å². The Labute approximate surface area is 212 Å². The second-order valence-corrected chi connectivity index (χ2v) is 8.30. The van der Waals surface area contributed by atoms with E-state index in [-0.39, 0.29) is 12.8 Å². The van der Waals surface area contributed by atoms with Crippen LogP contribution < -0.4 is 27.4 Å². The van der Waals surface area contributed by atoms with Crippen LogP contribution in [-0.2, 0) is 35.2 Å². The molecular weight excluding hydrogens is 490 g/mol. The molecule has 0 aliphatic rings. The van der Waals surface area contributed by atoms with E-state index in [2.05, 4.69) is 16.0 Å². The average molecular weight is 524 g/mol. The summed E-state index contributed by atoms with van der Waals surface area (Å²) in [6, 6.07) is 2.59. The van der Waals surface area contributed by atoms with E-state index in [0.717, 1.165) is 0 Å². The highest BCUT2D eigenvalue weighted by molar-refractivity contribution is 5.96. The Morgan fingerprint density at radius 3 is 1.81 bits per heavy atom. The number of amides is 3. The largest absolute Gasteiger partial charge is 0.481 e. The Morgan fingerprint density at radius 2 is 1.27 bits per heavy atom. The van der Waals surface area contributed by atoms with Crippen molar-refractivity contribution in [1.82, 2.24) is 16.0 Å². The van der Waals surface area contributed by atoms with E-state index in [1.165, 1.54) is 0 Å². The van der Waals surface area contributed by atoms with Crippen molar-refractivity contribution in [2.75, 3.05) is 6.54 Å². The van der Waals surface area contributed by atoms with E-state index >= 15 is 0 Å². The molecule has 0 aliphatic carbocycles. The van der Waals surface area contributed by atoms with Crippen molar-refractivity contribution in [1.29, 1.82) is 0 Å². The third-order valence-electron chi connectivity index (χ3n) is 5.22. The molecule has 1 rings (SSSR count). The molecule has 0 saturated heterocycles. The normalized spacial score (nSPS) is 13.9. The Kier molecular flexibility index (Phi) is 13.3. The molecule has 14 heteroatoms. The second kappa shape index (κ2) is 15.9. The molecule has 1 aromatic rings. The van der Waals surface area contributed by atoms with E-state index in [1.54, 1.807) is 30.3 Å². The number of aliphatic carboxylic acids is 3. The molecule has 1 aromatic carbocycles. The molecule has 4 atom stereocenters. The maximum atomic E-state index is 13.1. The monoisotopic (exact) mass is 523 g/mol. The van der Waals surface area contributed by atoms with Crippen LogP contribution in [0.25, 0.3) is 0 Å². The molecule has 0 aromatic heterocycles. The third-order valence-corrected chi connectivity index (χ3v) is 5.22. The summed E-state index contributed by atoms with van der Waals surface area (Å²) in [5.41, 5.74) is 11.6. The summed E-state index contributed by atoms with van der Waals surface area (Å²) >= 11 is 0. The van der Waals surface area contributed by atoms with Gasteiger partial charge >= 0.3 is 17.9 Å². The van der Waals surface area contributed by atoms with Gasteiger partial charge in [0.25, 0.3) is 0 Å². The fourth-order valence-electron chi connectivity index (χ4n) is 3.30. The molecule has 0 saturated carbocycles. The molecule has 3 amide bonds. The van der Waals surface area contributed by atoms with Gasteiger partial charge in [-0.25, -0.2) is 4.79 Å². The quantitative estimate of drug-likeness (QED) is 0.105. The first kappa shape index (κ1) is 31.0. The molecule has 0 bridgehead atoms. The molecule has 10 N–H and O–H groups in total. The van der Waals surface area contributed by atoms with Crippen molar-refractivity contribution in [2.45, 2.75) is 62.7 Å². The van der Waals surface area contributed by atoms with Gasteiger partial charge in [-0.05, 0) is 31.4 Å². The van der Waals surface area contributed by atoms with Crippen LogP contribution in [0.1, 0.15) is 37.7 Å². The van der Waals surface area contributed by atoms with Crippen LogP contribution in [0, 0.1) is 0 Å². The van der Waals surface area contributed by atoms with E-state index in [9.17, 15) is 39.0 Å². The van der Waals surface area contributed by atoms with Crippen LogP contribution in [0.15, 0.2) is 30.3 Å². The Bertz CT molecular complexity index is 957. The number of hydrogen-bond donors (Lipinski definition) is 8. The van der Waals surface area contributed by atoms with Crippen molar-refractivity contribution < 1.29 is 44.1 Å². The van der Waals surface area contributed by atoms with Crippen molar-refractivity contribution in [3.8, 4) is 0 Å². The number of rotatable bonds is 17. The number of benzene rings is 1. The van der Waals surface area contributed by atoms with E-state index in [0.29, 0.717) is 24.9 Å². The van der Waals surface area contributed by atoms with Crippen LogP contribution in [0.4, 0.5) is 0 Å². The topological polar surface area (TPSA) is 251 Å². The van der Waals surface area contributed by atoms with Crippen molar-refractivity contribution in [3.63, 3.8) is 0 Å². The molecule has 0 spiro atoms. The molecular formula is C23H33N5O9. The summed E-state index contributed by atoms with van der Waals surface area (Å²) in [4.78, 5) is 72.0. The van der Waals surface area contributed by atoms with Crippen molar-refractivity contribution in [3.05, 3.63) is 35.9 Å². The van der Waals surface area contributed by atoms with Gasteiger partial charge in [-0.15, -0.1) is 0 Å². The summed E-state index contributed by atoms with van der Waals surface area (Å²) < 4.78 is 0. The Morgan fingerprint density at radius 1 is 0.730 bits per heavy atom. The first-order valence-corrected chi connectivity index (χ1v) is 11.5. The molecule has 37 heavy (non-hydrogen) atoms. The molecule has 0 fully saturated rings. The van der Waals surface area contributed by atoms with Crippen LogP contribution in [-0.4, -0.2) is 81.7 Å². The van der Waals surface area contributed by atoms with Crippen LogP contribution in [0.2, 0.25) is 0 Å². The molecule has 0 aliphatic heterocycles. The van der Waals surface area contributed by atoms with Crippen molar-refractivity contribution >= 4 is 35.6 Å². The van der Waals surface area contributed by atoms with Gasteiger partial charge in [0.15, 0.2) is 0 Å². The zero-order valence-electron chi connectivity index (χ0n) is 20.1. The maximum absolute atomic E-state index is 13.1. The van der Waals surface area contributed by atoms with Gasteiger partial charge in [-0.2, -0.15) is 0 Å². The average Bonchev–Trinajstić information content (AvgIpc) is 2.82. The highest BCUT2D eigenvalue weighted by Crippen LogP contribution is 2.07. The van der Waals surface area contributed by atoms with Gasteiger partial charge in [0.05, 0.1) is 18.9 Å². The first-order chi connectivity index (χ1) is 17.4. The van der Waals surface area contributed by atoms with Gasteiger partial charge in [0.2, 0.25) is 17.7 Å². The molecule has 4 unspecified atom stereocenters. The number of nitrogens with one attached hydrogen (secondary N) is 3. The molecule has 204 valence electrons. The van der Waals surface area contributed by atoms with Gasteiger partial charge in [0, 0.05) is 6.42 Å². The van der Waals surface area contributed by atoms with Crippen LogP contribution in [0.5, 0.6) is 0 Å². The van der Waals surface area contributed by atoms with Gasteiger partial charge in [0.1, 0.15) is 18.1 Å². The molecule has 0 heterocycles. The third kappa shape index (κ3) is 12.0. The second-order valence-electron chi connectivity index (χ2n) is 8.30. The summed E-state index contributed by atoms with van der Waals surface area (Å²) in [6.07, 6.45) is -0.699. The number of unbranched alkanes of at least 4 members (excludes halogenated alkanes) is 1. The lowest BCUT2D eigenvalue weighted by molar-refractivity contribution is -0.143. The number of carboxylic acids is 3. The van der Waals surface area contributed by atoms with Crippen LogP contribution >= 0.6 is 0 Å². The highest BCUT2D eigenvalue weighted by atomic mass is 16.4. The van der Waals surface area contributed by atoms with Crippen LogP contribution in [0.3, 0.4) is 0 Å². The predicted molar refractivity (Wildman–Crippen MR) is 129 cm³/mol. The smallest absolute Gasteiger partial charge is 0.326 e. The summed E-state index contributed by atoms with van der Waals surface area (Å²) in [6.45, 7) is 0.322. The minimum atomic E-state index is -1.66. The van der Waals surface area contributed by atoms with E-state index < -0.39 is 72.6 Å². The summed E-state index contributed by atoms with van der Waals surface area (Å²) in [5.74, 6) is -7.04. The minimum absolute atomic E-state index is 0.0418. The lowest BCUT2D eigenvalue weighted by atomic mass is 10.0. The minimum Gasteiger partial charge on any atom is -0.481 e. The maximum Gasteiger partial charge on any atom is 0.326 e. The van der Waals surface area contributed by atoms with E-state index in [4.69, 9.17) is 16.6 Å². The zero-order chi connectivity index (χ0) is 28.0. The lowest BCUT2D eigenvalue weighted by Crippen LogP contribution is -2.58. The highest BCUT2D eigenvalue weighted by Gasteiger charge is 2.32. The predicted octanol–water partition coefficient (Wildman–Crippen LogP) is -1.83. The molecule has 0 radical (unpaired) electrons. The number of carboxylic acid groups (broad SMARTS) is 3. The summed E-state index contributed by atoms with van der Waals surface area (Å²) in [5, 5.41) is 34.3. The zero-order valence-corrected chi connectivity index (χ0v) is 20.1. The summed E-state index contributed by atoms with van der Waals surface area (Å²) in [7, 11) is 0. The number of carbonyl (C=O) groups is 6. The Hall–Kier alpha value is -4.04. The Balaban J connectivity index is 3.08. The molecule has 14 nitrogen and oxygen atoms in total. The fourth-order valence-corrected chi connectivity index (χ4v) is 3.30. The van der Waals surface area contributed by atoms with Gasteiger partial charge in [-0.1, -0.05) is 30.3 Å². The number of hydrogen-bond acceptors (Lipinski definition) is 8. The van der Waals surface area contributed by atoms with Gasteiger partial charge in [-0.3, -0.25) is 24.0 Å². The SMILES string of the molecule is NCCCCC(NC(=O)C(CC(=O)O)NC(=O)C(Cc1ccccc1)NC(=O)C(N)CC(=O)O)C(=O)O. The fraction of sp³-hybridized carbons (Fsp3) is 0.478. The lowest BCUT2D eigenvalue weighted by Gasteiger charge is -2.24. The number of nitrogens with two attached hydrogens (primary N) is 2.